The van der Waals surface area contributed by atoms with E-state index in [0.29, 0.717) is 5.75 Å². The second kappa shape index (κ2) is 6.19. The first-order chi connectivity index (χ1) is 8.79. The monoisotopic (exact) mass is 244 g/mol. The van der Waals surface area contributed by atoms with Crippen molar-refractivity contribution in [1.29, 1.82) is 0 Å². The molecule has 0 aliphatic rings. The molecule has 0 saturated carbocycles. The molecule has 2 aromatic rings. The molecule has 1 atom stereocenters. The van der Waals surface area contributed by atoms with Crippen LogP contribution in [0.15, 0.2) is 54.6 Å². The van der Waals surface area contributed by atoms with Crippen molar-refractivity contribution >= 4 is 0 Å². The van der Waals surface area contributed by atoms with Gasteiger partial charge in [0, 0.05) is 0 Å². The first kappa shape index (κ1) is 12.6. The van der Waals surface area contributed by atoms with E-state index in [4.69, 9.17) is 9.84 Å². The Bertz CT molecular complexity index is 465. The molecule has 0 bridgehead atoms. The van der Waals surface area contributed by atoms with Crippen LogP contribution in [0.1, 0.15) is 0 Å². The Morgan fingerprint density at radius 2 is 1.50 bits per heavy atom. The smallest absolute Gasteiger partial charge is 0.119 e. The van der Waals surface area contributed by atoms with Gasteiger partial charge in [0.1, 0.15) is 18.5 Å². The number of aliphatic hydroxyl groups is 2. The van der Waals surface area contributed by atoms with Gasteiger partial charge in [-0.3, -0.25) is 0 Å². The van der Waals surface area contributed by atoms with E-state index >= 15 is 0 Å². The lowest BCUT2D eigenvalue weighted by Crippen LogP contribution is -2.21. The summed E-state index contributed by atoms with van der Waals surface area (Å²) in [5.41, 5.74) is 2.27. The van der Waals surface area contributed by atoms with Crippen molar-refractivity contribution in [2.75, 3.05) is 13.2 Å². The maximum atomic E-state index is 9.18. The van der Waals surface area contributed by atoms with Gasteiger partial charge in [-0.25, -0.2) is 0 Å². The number of rotatable bonds is 5. The summed E-state index contributed by atoms with van der Waals surface area (Å²) in [7, 11) is 0. The Hall–Kier alpha value is -1.84. The summed E-state index contributed by atoms with van der Waals surface area (Å²) in [5.74, 6) is 0.683. The molecule has 3 nitrogen and oxygen atoms in total. The molecule has 94 valence electrons. The van der Waals surface area contributed by atoms with Gasteiger partial charge in [-0.1, -0.05) is 42.5 Å². The van der Waals surface area contributed by atoms with Gasteiger partial charge in [-0.05, 0) is 23.3 Å². The van der Waals surface area contributed by atoms with Gasteiger partial charge in [0.25, 0.3) is 0 Å². The lowest BCUT2D eigenvalue weighted by Gasteiger charge is -2.10. The predicted octanol–water partition coefficient (Wildman–Crippen LogP) is 2.09. The zero-order chi connectivity index (χ0) is 12.8. The molecule has 0 radical (unpaired) electrons. The Balaban J connectivity index is 2.02. The van der Waals surface area contributed by atoms with E-state index in [9.17, 15) is 5.11 Å². The normalized spacial score (nSPS) is 12.1. The molecule has 2 aromatic carbocycles. The van der Waals surface area contributed by atoms with Crippen molar-refractivity contribution in [2.45, 2.75) is 6.10 Å². The Labute approximate surface area is 106 Å². The predicted molar refractivity (Wildman–Crippen MR) is 70.5 cm³/mol. The minimum absolute atomic E-state index is 0.0984. The van der Waals surface area contributed by atoms with Gasteiger partial charge >= 0.3 is 0 Å². The van der Waals surface area contributed by atoms with Gasteiger partial charge in [0.15, 0.2) is 0 Å². The first-order valence-corrected chi connectivity index (χ1v) is 5.87. The first-order valence-electron chi connectivity index (χ1n) is 5.87. The fourth-order valence-corrected chi connectivity index (χ4v) is 1.62. The van der Waals surface area contributed by atoms with Crippen LogP contribution in [0.5, 0.6) is 5.75 Å². The molecule has 2 N–H and O–H groups in total. The van der Waals surface area contributed by atoms with Gasteiger partial charge < -0.3 is 14.9 Å². The highest BCUT2D eigenvalue weighted by molar-refractivity contribution is 5.63. The Kier molecular flexibility index (Phi) is 4.34. The van der Waals surface area contributed by atoms with E-state index < -0.39 is 6.10 Å². The average Bonchev–Trinajstić information content (AvgIpc) is 2.46. The van der Waals surface area contributed by atoms with Crippen molar-refractivity contribution in [3.63, 3.8) is 0 Å². The summed E-state index contributed by atoms with van der Waals surface area (Å²) >= 11 is 0. The molecule has 0 heterocycles. The van der Waals surface area contributed by atoms with Gasteiger partial charge in [0.2, 0.25) is 0 Å². The van der Waals surface area contributed by atoms with Crippen LogP contribution in [-0.2, 0) is 0 Å². The summed E-state index contributed by atoms with van der Waals surface area (Å²) in [4.78, 5) is 0. The largest absolute Gasteiger partial charge is 0.491 e. The van der Waals surface area contributed by atoms with Crippen LogP contribution in [0.2, 0.25) is 0 Å². The zero-order valence-electron chi connectivity index (χ0n) is 9.99. The van der Waals surface area contributed by atoms with Crippen LogP contribution in [0.3, 0.4) is 0 Å². The Morgan fingerprint density at radius 1 is 0.889 bits per heavy atom. The highest BCUT2D eigenvalue weighted by Crippen LogP contribution is 2.21. The molecule has 3 heteroatoms. The summed E-state index contributed by atoms with van der Waals surface area (Å²) < 4.78 is 5.34. The second-order valence-electron chi connectivity index (χ2n) is 4.04. The molecule has 0 aromatic heterocycles. The van der Waals surface area contributed by atoms with Crippen molar-refractivity contribution in [1.82, 2.24) is 0 Å². The lowest BCUT2D eigenvalue weighted by molar-refractivity contribution is 0.0536. The highest BCUT2D eigenvalue weighted by Gasteiger charge is 2.03. The number of ether oxygens (including phenoxy) is 1. The summed E-state index contributed by atoms with van der Waals surface area (Å²) in [6.07, 6.45) is -0.834. The Morgan fingerprint density at radius 3 is 2.11 bits per heavy atom. The van der Waals surface area contributed by atoms with Crippen LogP contribution < -0.4 is 4.74 Å². The summed E-state index contributed by atoms with van der Waals surface area (Å²) in [6, 6.07) is 17.7. The lowest BCUT2D eigenvalue weighted by atomic mass is 10.1. The minimum Gasteiger partial charge on any atom is -0.491 e. The van der Waals surface area contributed by atoms with Crippen LogP contribution in [0, 0.1) is 0 Å². The zero-order valence-corrected chi connectivity index (χ0v) is 9.99. The molecule has 0 unspecified atom stereocenters. The fraction of sp³-hybridized carbons (Fsp3) is 0.200. The number of hydrogen-bond donors (Lipinski definition) is 2. The van der Waals surface area contributed by atoms with E-state index in [2.05, 4.69) is 0 Å². The topological polar surface area (TPSA) is 49.7 Å². The molecule has 0 amide bonds. The SMILES string of the molecule is OC[C@H](O)COc1ccc(-c2ccccc2)cc1. The van der Waals surface area contributed by atoms with Gasteiger partial charge in [-0.2, -0.15) is 0 Å². The van der Waals surface area contributed by atoms with Crippen LogP contribution in [0.4, 0.5) is 0 Å². The van der Waals surface area contributed by atoms with E-state index in [-0.39, 0.29) is 13.2 Å². The molecule has 0 aliphatic heterocycles. The molecule has 18 heavy (non-hydrogen) atoms. The summed E-state index contributed by atoms with van der Waals surface area (Å²) in [5, 5.41) is 17.9. The van der Waals surface area contributed by atoms with Gasteiger partial charge in [-0.15, -0.1) is 0 Å². The van der Waals surface area contributed by atoms with E-state index in [1.165, 1.54) is 0 Å². The number of hydrogen-bond acceptors (Lipinski definition) is 3. The molecule has 2 rings (SSSR count). The average molecular weight is 244 g/mol. The van der Waals surface area contributed by atoms with Gasteiger partial charge in [0.05, 0.1) is 6.61 Å². The van der Waals surface area contributed by atoms with E-state index in [1.54, 1.807) is 0 Å². The maximum absolute atomic E-state index is 9.18. The molecular formula is C15H16O3. The van der Waals surface area contributed by atoms with Crippen LogP contribution in [0.25, 0.3) is 11.1 Å². The number of benzene rings is 2. The molecule has 0 spiro atoms. The van der Waals surface area contributed by atoms with Crippen LogP contribution >= 0.6 is 0 Å². The quantitative estimate of drug-likeness (QED) is 0.846. The van der Waals surface area contributed by atoms with Crippen molar-refractivity contribution < 1.29 is 14.9 Å². The third-order valence-electron chi connectivity index (χ3n) is 2.61. The fourth-order valence-electron chi connectivity index (χ4n) is 1.62. The summed E-state index contributed by atoms with van der Waals surface area (Å²) in [6.45, 7) is -0.191. The van der Waals surface area contributed by atoms with Crippen molar-refractivity contribution in [2.24, 2.45) is 0 Å². The number of aliphatic hydroxyl groups excluding tert-OH is 2. The van der Waals surface area contributed by atoms with Crippen LogP contribution in [-0.4, -0.2) is 29.5 Å². The molecule has 0 aliphatic carbocycles. The molecule has 0 saturated heterocycles. The van der Waals surface area contributed by atoms with Crippen molar-refractivity contribution in [3.05, 3.63) is 54.6 Å². The second-order valence-corrected chi connectivity index (χ2v) is 4.04. The minimum atomic E-state index is -0.834. The van der Waals surface area contributed by atoms with Crippen molar-refractivity contribution in [3.8, 4) is 16.9 Å². The molecular weight excluding hydrogens is 228 g/mol. The van der Waals surface area contributed by atoms with E-state index in [0.717, 1.165) is 11.1 Å². The maximum Gasteiger partial charge on any atom is 0.119 e. The van der Waals surface area contributed by atoms with E-state index in [1.807, 2.05) is 54.6 Å². The third kappa shape index (κ3) is 3.32. The molecule has 0 fully saturated rings. The third-order valence-corrected chi connectivity index (χ3v) is 2.61. The standard InChI is InChI=1S/C15H16O3/c16-10-14(17)11-18-15-8-6-13(7-9-15)12-4-2-1-3-5-12/h1-9,14,16-17H,10-11H2/t14-/m0/s1. The highest BCUT2D eigenvalue weighted by atomic mass is 16.5.